The van der Waals surface area contributed by atoms with Crippen molar-refractivity contribution in [1.82, 2.24) is 9.13 Å². The zero-order valence-electron chi connectivity index (χ0n) is 18.7. The smallest absolute Gasteiger partial charge is 0.292 e. The van der Waals surface area contributed by atoms with Gasteiger partial charge >= 0.3 is 5.69 Å². The SMILES string of the molecule is O=c1c(Br)c(Cc2ccccc2)n(Cc2cccc([N+](=O)[O-])c2)c(=O)n1Cc1cccc([N+](=O)[O-])c1. The Morgan fingerprint density at radius 3 is 1.72 bits per heavy atom. The van der Waals surface area contributed by atoms with Crippen molar-refractivity contribution < 1.29 is 9.85 Å². The van der Waals surface area contributed by atoms with E-state index in [9.17, 15) is 29.8 Å². The van der Waals surface area contributed by atoms with E-state index in [1.165, 1.54) is 41.0 Å². The Balaban J connectivity index is 1.86. The number of aromatic nitrogens is 2. The summed E-state index contributed by atoms with van der Waals surface area (Å²) in [5, 5.41) is 22.4. The van der Waals surface area contributed by atoms with Crippen LogP contribution in [0.4, 0.5) is 11.4 Å². The summed E-state index contributed by atoms with van der Waals surface area (Å²) in [7, 11) is 0. The van der Waals surface area contributed by atoms with Crippen LogP contribution in [-0.4, -0.2) is 19.0 Å². The van der Waals surface area contributed by atoms with Crippen LogP contribution in [0.2, 0.25) is 0 Å². The van der Waals surface area contributed by atoms with Gasteiger partial charge in [0.1, 0.15) is 4.47 Å². The first-order valence-corrected chi connectivity index (χ1v) is 11.6. The van der Waals surface area contributed by atoms with Crippen LogP contribution in [0.15, 0.2) is 92.9 Å². The molecule has 0 aliphatic rings. The van der Waals surface area contributed by atoms with Crippen LogP contribution in [0.1, 0.15) is 22.4 Å². The first kappa shape index (κ1) is 24.7. The van der Waals surface area contributed by atoms with E-state index in [2.05, 4.69) is 15.9 Å². The fraction of sp³-hybridized carbons (Fsp3) is 0.120. The van der Waals surface area contributed by atoms with Crippen LogP contribution in [0.5, 0.6) is 0 Å². The minimum absolute atomic E-state index is 0.0174. The van der Waals surface area contributed by atoms with Crippen molar-refractivity contribution in [3.63, 3.8) is 0 Å². The highest BCUT2D eigenvalue weighted by molar-refractivity contribution is 9.10. The molecule has 0 amide bonds. The number of rotatable bonds is 8. The molecular weight excluding hydrogens is 532 g/mol. The van der Waals surface area contributed by atoms with Gasteiger partial charge in [-0.1, -0.05) is 54.6 Å². The van der Waals surface area contributed by atoms with Crippen molar-refractivity contribution in [2.24, 2.45) is 0 Å². The van der Waals surface area contributed by atoms with E-state index in [1.54, 1.807) is 12.1 Å². The highest BCUT2D eigenvalue weighted by atomic mass is 79.9. The van der Waals surface area contributed by atoms with Crippen molar-refractivity contribution in [3.05, 3.63) is 147 Å². The van der Waals surface area contributed by atoms with Crippen molar-refractivity contribution in [2.75, 3.05) is 0 Å². The van der Waals surface area contributed by atoms with Crippen molar-refractivity contribution in [2.45, 2.75) is 19.5 Å². The van der Waals surface area contributed by atoms with Gasteiger partial charge in [-0.3, -0.25) is 34.2 Å². The minimum atomic E-state index is -0.632. The number of non-ortho nitro benzene ring substituents is 2. The number of benzene rings is 3. The van der Waals surface area contributed by atoms with Gasteiger partial charge in [0.25, 0.3) is 16.9 Å². The van der Waals surface area contributed by atoms with Gasteiger partial charge in [0.2, 0.25) is 0 Å². The summed E-state index contributed by atoms with van der Waals surface area (Å²) in [5.41, 5.74) is 0.714. The molecule has 0 aliphatic heterocycles. The topological polar surface area (TPSA) is 130 Å². The fourth-order valence-corrected chi connectivity index (χ4v) is 4.44. The van der Waals surface area contributed by atoms with Gasteiger partial charge in [0.05, 0.1) is 22.9 Å². The Labute approximate surface area is 212 Å². The van der Waals surface area contributed by atoms with Crippen molar-refractivity contribution in [3.8, 4) is 0 Å². The molecule has 0 spiro atoms. The van der Waals surface area contributed by atoms with Gasteiger partial charge in [-0.05, 0) is 32.6 Å². The molecule has 3 aromatic carbocycles. The third-order valence-electron chi connectivity index (χ3n) is 5.61. The van der Waals surface area contributed by atoms with Crippen molar-refractivity contribution >= 4 is 27.3 Å². The molecule has 1 heterocycles. The van der Waals surface area contributed by atoms with E-state index in [0.717, 1.165) is 10.1 Å². The third kappa shape index (κ3) is 5.31. The van der Waals surface area contributed by atoms with Crippen molar-refractivity contribution in [1.29, 1.82) is 0 Å². The maximum atomic E-state index is 13.6. The van der Waals surface area contributed by atoms with E-state index in [0.29, 0.717) is 16.8 Å². The molecule has 0 N–H and O–H groups in total. The Kier molecular flexibility index (Phi) is 7.20. The molecule has 0 fully saturated rings. The summed E-state index contributed by atoms with van der Waals surface area (Å²) in [4.78, 5) is 48.2. The normalized spacial score (nSPS) is 10.8. The van der Waals surface area contributed by atoms with Crippen LogP contribution in [0.3, 0.4) is 0 Å². The monoisotopic (exact) mass is 550 g/mol. The Hall–Kier alpha value is -4.38. The quantitative estimate of drug-likeness (QED) is 0.237. The predicted octanol–water partition coefficient (Wildman–Crippen LogP) is 4.28. The zero-order valence-corrected chi connectivity index (χ0v) is 20.3. The fourth-order valence-electron chi connectivity index (χ4n) is 3.88. The zero-order chi connectivity index (χ0) is 25.8. The molecule has 182 valence electrons. The second-order valence-corrected chi connectivity index (χ2v) is 8.83. The number of nitrogens with zero attached hydrogens (tertiary/aromatic N) is 4. The summed E-state index contributed by atoms with van der Waals surface area (Å²) < 4.78 is 2.56. The predicted molar refractivity (Wildman–Crippen MR) is 136 cm³/mol. The lowest BCUT2D eigenvalue weighted by atomic mass is 10.1. The van der Waals surface area contributed by atoms with E-state index in [-0.39, 0.29) is 35.4 Å². The summed E-state index contributed by atoms with van der Waals surface area (Å²) in [5.74, 6) is 0. The van der Waals surface area contributed by atoms with Crippen LogP contribution in [-0.2, 0) is 19.5 Å². The van der Waals surface area contributed by atoms with Gasteiger partial charge in [-0.25, -0.2) is 4.79 Å². The molecule has 0 aliphatic carbocycles. The third-order valence-corrected chi connectivity index (χ3v) is 6.41. The average molecular weight is 551 g/mol. The maximum Gasteiger partial charge on any atom is 0.331 e. The highest BCUT2D eigenvalue weighted by Crippen LogP contribution is 2.20. The molecule has 0 radical (unpaired) electrons. The van der Waals surface area contributed by atoms with Gasteiger partial charge in [-0.15, -0.1) is 0 Å². The Bertz CT molecular complexity index is 1580. The number of nitro benzene ring substituents is 2. The molecular formula is C25H19BrN4O6. The van der Waals surface area contributed by atoms with Crippen LogP contribution in [0.25, 0.3) is 0 Å². The Morgan fingerprint density at radius 2 is 1.19 bits per heavy atom. The second kappa shape index (κ2) is 10.5. The van der Waals surface area contributed by atoms with Gasteiger partial charge in [-0.2, -0.15) is 0 Å². The number of hydrogen-bond acceptors (Lipinski definition) is 6. The van der Waals surface area contributed by atoms with Gasteiger partial charge < -0.3 is 0 Å². The van der Waals surface area contributed by atoms with E-state index in [1.807, 2.05) is 30.3 Å². The van der Waals surface area contributed by atoms with Crippen LogP contribution < -0.4 is 11.2 Å². The molecule has 11 heteroatoms. The molecule has 0 unspecified atom stereocenters. The lowest BCUT2D eigenvalue weighted by Crippen LogP contribution is -2.42. The maximum absolute atomic E-state index is 13.6. The molecule has 4 aromatic rings. The molecule has 0 saturated carbocycles. The second-order valence-electron chi connectivity index (χ2n) is 8.04. The Morgan fingerprint density at radius 1 is 0.694 bits per heavy atom. The van der Waals surface area contributed by atoms with Gasteiger partial charge in [0, 0.05) is 36.4 Å². The number of halogens is 1. The first-order chi connectivity index (χ1) is 17.2. The average Bonchev–Trinajstić information content (AvgIpc) is 2.88. The molecule has 4 rings (SSSR count). The van der Waals surface area contributed by atoms with Crippen LogP contribution >= 0.6 is 15.9 Å². The molecule has 0 atom stereocenters. The molecule has 1 aromatic heterocycles. The van der Waals surface area contributed by atoms with E-state index in [4.69, 9.17) is 0 Å². The summed E-state index contributed by atoms with van der Waals surface area (Å²) in [6.45, 7) is -0.199. The minimum Gasteiger partial charge on any atom is -0.292 e. The molecule has 36 heavy (non-hydrogen) atoms. The summed E-state index contributed by atoms with van der Waals surface area (Å²) in [6.07, 6.45) is 0.262. The lowest BCUT2D eigenvalue weighted by Gasteiger charge is -2.18. The molecule has 0 bridgehead atoms. The first-order valence-electron chi connectivity index (χ1n) is 10.8. The largest absolute Gasteiger partial charge is 0.331 e. The standard InChI is InChI=1S/C25H19BrN4O6/c26-23-22(14-17-6-2-1-3-7-17)27(15-18-8-4-10-20(12-18)29(33)34)25(32)28(24(23)31)16-19-9-5-11-21(13-19)30(35)36/h1-13H,14-16H2. The summed E-state index contributed by atoms with van der Waals surface area (Å²) in [6, 6.07) is 20.9. The lowest BCUT2D eigenvalue weighted by molar-refractivity contribution is -0.385. The van der Waals surface area contributed by atoms with E-state index >= 15 is 0 Å². The number of nitro groups is 2. The van der Waals surface area contributed by atoms with E-state index < -0.39 is 21.1 Å². The summed E-state index contributed by atoms with van der Waals surface area (Å²) >= 11 is 3.37. The molecule has 0 saturated heterocycles. The van der Waals surface area contributed by atoms with Gasteiger partial charge in [0.15, 0.2) is 0 Å². The van der Waals surface area contributed by atoms with Crippen LogP contribution in [0, 0.1) is 20.2 Å². The highest BCUT2D eigenvalue weighted by Gasteiger charge is 2.20. The molecule has 10 nitrogen and oxygen atoms in total. The number of hydrogen-bond donors (Lipinski definition) is 0.